The number of aromatic nitrogens is 3. The van der Waals surface area contributed by atoms with Crippen molar-refractivity contribution >= 4 is 21.7 Å². The minimum atomic E-state index is -3.23. The Hall–Kier alpha value is -2.49. The van der Waals surface area contributed by atoms with E-state index in [-0.39, 0.29) is 29.9 Å². The van der Waals surface area contributed by atoms with Gasteiger partial charge in [0.25, 0.3) is 0 Å². The van der Waals surface area contributed by atoms with Gasteiger partial charge in [-0.15, -0.1) is 0 Å². The fourth-order valence-corrected chi connectivity index (χ4v) is 5.68. The summed E-state index contributed by atoms with van der Waals surface area (Å²) < 4.78 is 29.7. The Morgan fingerprint density at radius 1 is 1.23 bits per heavy atom. The summed E-state index contributed by atoms with van der Waals surface area (Å²) in [6, 6.07) is 2.69. The standard InChI is InChI=1S/C16H19N5O4S/c1-11-7-12(25-19-11)8-15(22)20-5-6-21(16-17-3-2-4-18-16)14-10-26(23,24)9-13(14)20/h2-4,7,13-14H,5-6,8-10H2,1H3/t13-,14+/m0/s1. The second-order valence-electron chi connectivity index (χ2n) is 6.65. The number of amides is 1. The zero-order chi connectivity index (χ0) is 18.3. The highest BCUT2D eigenvalue weighted by Gasteiger charge is 2.48. The van der Waals surface area contributed by atoms with Crippen molar-refractivity contribution in [3.8, 4) is 0 Å². The van der Waals surface area contributed by atoms with Gasteiger partial charge in [-0.3, -0.25) is 4.79 Å². The van der Waals surface area contributed by atoms with E-state index in [4.69, 9.17) is 4.52 Å². The van der Waals surface area contributed by atoms with Crippen LogP contribution in [0.25, 0.3) is 0 Å². The largest absolute Gasteiger partial charge is 0.361 e. The van der Waals surface area contributed by atoms with Crippen LogP contribution in [0.2, 0.25) is 0 Å². The van der Waals surface area contributed by atoms with Gasteiger partial charge in [0.1, 0.15) is 5.76 Å². The summed E-state index contributed by atoms with van der Waals surface area (Å²) in [6.45, 7) is 2.69. The molecule has 0 spiro atoms. The number of rotatable bonds is 3. The third-order valence-corrected chi connectivity index (χ3v) is 6.51. The Bertz CT molecular complexity index is 914. The van der Waals surface area contributed by atoms with Crippen molar-refractivity contribution in [1.29, 1.82) is 0 Å². The molecule has 2 saturated heterocycles. The third-order valence-electron chi connectivity index (χ3n) is 4.81. The molecule has 0 N–H and O–H groups in total. The van der Waals surface area contributed by atoms with Crippen molar-refractivity contribution in [3.63, 3.8) is 0 Å². The molecule has 4 rings (SSSR count). The molecule has 0 aromatic carbocycles. The molecule has 1 amide bonds. The van der Waals surface area contributed by atoms with Gasteiger partial charge >= 0.3 is 0 Å². The Balaban J connectivity index is 1.58. The van der Waals surface area contributed by atoms with E-state index >= 15 is 0 Å². The maximum Gasteiger partial charge on any atom is 0.230 e. The van der Waals surface area contributed by atoms with Crippen LogP contribution in [0.15, 0.2) is 29.0 Å². The molecule has 2 atom stereocenters. The molecule has 0 aliphatic carbocycles. The summed E-state index contributed by atoms with van der Waals surface area (Å²) in [6.07, 6.45) is 3.33. The van der Waals surface area contributed by atoms with E-state index in [2.05, 4.69) is 15.1 Å². The minimum absolute atomic E-state index is 0.00111. The van der Waals surface area contributed by atoms with E-state index in [9.17, 15) is 13.2 Å². The number of nitrogens with zero attached hydrogens (tertiary/aromatic N) is 5. The smallest absolute Gasteiger partial charge is 0.230 e. The topological polar surface area (TPSA) is 110 Å². The molecule has 2 aliphatic heterocycles. The quantitative estimate of drug-likeness (QED) is 0.725. The lowest BCUT2D eigenvalue weighted by Gasteiger charge is -2.43. The lowest BCUT2D eigenvalue weighted by molar-refractivity contribution is -0.133. The summed E-state index contributed by atoms with van der Waals surface area (Å²) >= 11 is 0. The first-order chi connectivity index (χ1) is 12.4. The number of anilines is 1. The van der Waals surface area contributed by atoms with Gasteiger partial charge in [0.05, 0.1) is 35.7 Å². The van der Waals surface area contributed by atoms with Crippen molar-refractivity contribution in [2.24, 2.45) is 0 Å². The van der Waals surface area contributed by atoms with Crippen LogP contribution in [0.1, 0.15) is 11.5 Å². The zero-order valence-electron chi connectivity index (χ0n) is 14.3. The molecule has 4 heterocycles. The molecule has 0 bridgehead atoms. The Labute approximate surface area is 150 Å². The first-order valence-electron chi connectivity index (χ1n) is 8.39. The first-order valence-corrected chi connectivity index (χ1v) is 10.2. The molecule has 2 aromatic heterocycles. The summed E-state index contributed by atoms with van der Waals surface area (Å²) in [5.41, 5.74) is 0.708. The minimum Gasteiger partial charge on any atom is -0.361 e. The third kappa shape index (κ3) is 3.16. The number of carbonyl (C=O) groups is 1. The van der Waals surface area contributed by atoms with Crippen LogP contribution < -0.4 is 4.90 Å². The van der Waals surface area contributed by atoms with Gasteiger partial charge in [-0.05, 0) is 13.0 Å². The second kappa shape index (κ2) is 6.35. The molecule has 0 saturated carbocycles. The molecule has 2 fully saturated rings. The number of hydrogen-bond acceptors (Lipinski definition) is 8. The molecule has 0 unspecified atom stereocenters. The fraction of sp³-hybridized carbons (Fsp3) is 0.500. The summed E-state index contributed by atoms with van der Waals surface area (Å²) in [5.74, 6) is 0.793. The van der Waals surface area contributed by atoms with Crippen LogP contribution in [0, 0.1) is 6.92 Å². The lowest BCUT2D eigenvalue weighted by Crippen LogP contribution is -2.61. The molecule has 10 heteroatoms. The van der Waals surface area contributed by atoms with E-state index in [1.54, 1.807) is 36.4 Å². The van der Waals surface area contributed by atoms with Crippen LogP contribution in [-0.2, 0) is 21.1 Å². The molecule has 26 heavy (non-hydrogen) atoms. The van der Waals surface area contributed by atoms with Crippen molar-refractivity contribution in [2.75, 3.05) is 29.5 Å². The van der Waals surface area contributed by atoms with Crippen LogP contribution in [0.4, 0.5) is 5.95 Å². The average Bonchev–Trinajstić information content (AvgIpc) is 3.15. The SMILES string of the molecule is Cc1cc(CC(=O)N2CCN(c3ncccn3)[C@@H]3CS(=O)(=O)C[C@@H]32)on1. The van der Waals surface area contributed by atoms with Crippen molar-refractivity contribution in [1.82, 2.24) is 20.0 Å². The first kappa shape index (κ1) is 17.0. The predicted molar refractivity (Wildman–Crippen MR) is 92.3 cm³/mol. The number of carbonyl (C=O) groups excluding carboxylic acids is 1. The predicted octanol–water partition coefficient (Wildman–Crippen LogP) is -0.170. The number of sulfone groups is 1. The van der Waals surface area contributed by atoms with Crippen LogP contribution in [0.5, 0.6) is 0 Å². The second-order valence-corrected chi connectivity index (χ2v) is 8.81. The van der Waals surface area contributed by atoms with E-state index < -0.39 is 15.9 Å². The number of aryl methyl sites for hydroxylation is 1. The normalized spacial score (nSPS) is 24.5. The maximum atomic E-state index is 12.8. The van der Waals surface area contributed by atoms with Crippen molar-refractivity contribution in [2.45, 2.75) is 25.4 Å². The van der Waals surface area contributed by atoms with E-state index in [1.165, 1.54) is 0 Å². The van der Waals surface area contributed by atoms with Gasteiger partial charge < -0.3 is 14.3 Å². The fourth-order valence-electron chi connectivity index (χ4n) is 3.70. The summed E-state index contributed by atoms with van der Waals surface area (Å²) in [4.78, 5) is 24.8. The average molecular weight is 377 g/mol. The highest BCUT2D eigenvalue weighted by Crippen LogP contribution is 2.29. The van der Waals surface area contributed by atoms with E-state index in [0.717, 1.165) is 0 Å². The van der Waals surface area contributed by atoms with E-state index in [1.807, 2.05) is 4.90 Å². The maximum absolute atomic E-state index is 12.8. The van der Waals surface area contributed by atoms with Crippen LogP contribution in [-0.4, -0.2) is 71.0 Å². The van der Waals surface area contributed by atoms with Gasteiger partial charge in [-0.2, -0.15) is 0 Å². The Morgan fingerprint density at radius 3 is 2.65 bits per heavy atom. The van der Waals surface area contributed by atoms with Gasteiger partial charge in [-0.1, -0.05) is 5.16 Å². The molecule has 9 nitrogen and oxygen atoms in total. The van der Waals surface area contributed by atoms with Crippen molar-refractivity contribution in [3.05, 3.63) is 36.0 Å². The number of hydrogen-bond donors (Lipinski definition) is 0. The lowest BCUT2D eigenvalue weighted by atomic mass is 10.0. The zero-order valence-corrected chi connectivity index (χ0v) is 15.1. The number of fused-ring (bicyclic) bond motifs is 1. The van der Waals surface area contributed by atoms with Gasteiger partial charge in [-0.25, -0.2) is 18.4 Å². The summed E-state index contributed by atoms with van der Waals surface area (Å²) in [7, 11) is -3.23. The molecular weight excluding hydrogens is 358 g/mol. The van der Waals surface area contributed by atoms with E-state index in [0.29, 0.717) is 30.5 Å². The molecule has 2 aromatic rings. The van der Waals surface area contributed by atoms with Gasteiger partial charge in [0, 0.05) is 31.5 Å². The van der Waals surface area contributed by atoms with Gasteiger partial charge in [0.2, 0.25) is 11.9 Å². The van der Waals surface area contributed by atoms with Crippen LogP contribution in [0.3, 0.4) is 0 Å². The number of piperazine rings is 1. The van der Waals surface area contributed by atoms with Crippen molar-refractivity contribution < 1.29 is 17.7 Å². The van der Waals surface area contributed by atoms with Gasteiger partial charge in [0.15, 0.2) is 9.84 Å². The Kier molecular flexibility index (Phi) is 4.14. The summed E-state index contributed by atoms with van der Waals surface area (Å²) in [5, 5.41) is 3.79. The van der Waals surface area contributed by atoms with Crippen LogP contribution >= 0.6 is 0 Å². The molecule has 0 radical (unpaired) electrons. The molecular formula is C16H19N5O4S. The molecule has 138 valence electrons. The highest BCUT2D eigenvalue weighted by atomic mass is 32.2. The highest BCUT2D eigenvalue weighted by molar-refractivity contribution is 7.91. The Morgan fingerprint density at radius 2 is 1.96 bits per heavy atom. The monoisotopic (exact) mass is 377 g/mol. The molecule has 2 aliphatic rings.